The van der Waals surface area contributed by atoms with Crippen molar-refractivity contribution in [3.63, 3.8) is 0 Å². The Kier molecular flexibility index (Phi) is 6.30. The predicted molar refractivity (Wildman–Crippen MR) is 180 cm³/mol. The Morgan fingerprint density at radius 3 is 1.37 bits per heavy atom. The van der Waals surface area contributed by atoms with E-state index in [1.807, 2.05) is 12.1 Å². The van der Waals surface area contributed by atoms with Crippen LogP contribution in [0.2, 0.25) is 0 Å². The average Bonchev–Trinajstić information content (AvgIpc) is 3.04. The molecule has 0 amide bonds. The minimum Gasteiger partial charge on any atom is -0.354 e. The summed E-state index contributed by atoms with van der Waals surface area (Å²) in [5.41, 5.74) is 16.9. The van der Waals surface area contributed by atoms with Crippen molar-refractivity contribution in [2.45, 2.75) is 19.3 Å². The van der Waals surface area contributed by atoms with E-state index in [9.17, 15) is 0 Å². The fourth-order valence-corrected chi connectivity index (χ4v) is 6.28. The van der Waals surface area contributed by atoms with E-state index in [2.05, 4.69) is 143 Å². The standard InChI is InChI=1S/C39H32N4/c1-3-11-32(12-4-1)40-34-15-7-9-30-24-28-19-17-26(22-36(28)42-38(30)34)21-27-18-20-29-25-31-10-8-16-35(39(31)43-37(29)23-27)41-33-13-5-2-6-14-33/h1-20,22-23,40-43H,21,24-25H2. The van der Waals surface area contributed by atoms with Crippen LogP contribution in [0.1, 0.15) is 33.4 Å². The van der Waals surface area contributed by atoms with E-state index in [0.29, 0.717) is 0 Å². The Morgan fingerprint density at radius 1 is 0.442 bits per heavy atom. The highest BCUT2D eigenvalue weighted by Crippen LogP contribution is 2.41. The van der Waals surface area contributed by atoms with E-state index < -0.39 is 0 Å². The highest BCUT2D eigenvalue weighted by Gasteiger charge is 2.20. The van der Waals surface area contributed by atoms with Crippen molar-refractivity contribution >= 4 is 45.5 Å². The predicted octanol–water partition coefficient (Wildman–Crippen LogP) is 10.1. The second kappa shape index (κ2) is 10.7. The van der Waals surface area contributed by atoms with E-state index >= 15 is 0 Å². The summed E-state index contributed by atoms with van der Waals surface area (Å²) in [6, 6.07) is 47.5. The number of rotatable bonds is 6. The van der Waals surface area contributed by atoms with Gasteiger partial charge in [-0.25, -0.2) is 0 Å². The first-order valence-corrected chi connectivity index (χ1v) is 14.9. The molecule has 0 fully saturated rings. The normalized spacial score (nSPS) is 12.5. The van der Waals surface area contributed by atoms with E-state index in [4.69, 9.17) is 0 Å². The lowest BCUT2D eigenvalue weighted by Crippen LogP contribution is -2.10. The van der Waals surface area contributed by atoms with Crippen molar-refractivity contribution in [1.82, 2.24) is 0 Å². The Labute approximate surface area is 252 Å². The van der Waals surface area contributed by atoms with Crippen molar-refractivity contribution in [1.29, 1.82) is 0 Å². The summed E-state index contributed by atoms with van der Waals surface area (Å²) in [5, 5.41) is 14.7. The van der Waals surface area contributed by atoms with Gasteiger partial charge in [-0.3, -0.25) is 0 Å². The van der Waals surface area contributed by atoms with Gasteiger partial charge in [0.1, 0.15) is 0 Å². The minimum absolute atomic E-state index is 0.872. The van der Waals surface area contributed by atoms with Crippen molar-refractivity contribution in [2.24, 2.45) is 0 Å². The van der Waals surface area contributed by atoms with Gasteiger partial charge in [-0.1, -0.05) is 84.9 Å². The van der Waals surface area contributed by atoms with E-state index in [1.165, 1.54) is 44.8 Å². The molecule has 0 spiro atoms. The van der Waals surface area contributed by atoms with Crippen LogP contribution in [0.5, 0.6) is 0 Å². The third kappa shape index (κ3) is 5.08. The summed E-state index contributed by atoms with van der Waals surface area (Å²) < 4.78 is 0. The van der Waals surface area contributed by atoms with Crippen molar-refractivity contribution in [3.05, 3.63) is 167 Å². The van der Waals surface area contributed by atoms with Crippen LogP contribution in [0.3, 0.4) is 0 Å². The highest BCUT2D eigenvalue weighted by molar-refractivity contribution is 5.86. The Bertz CT molecular complexity index is 1800. The molecule has 0 saturated heterocycles. The number of fused-ring (bicyclic) bond motifs is 4. The maximum atomic E-state index is 3.76. The third-order valence-electron chi connectivity index (χ3n) is 8.45. The van der Waals surface area contributed by atoms with Crippen LogP contribution in [-0.2, 0) is 19.3 Å². The van der Waals surface area contributed by atoms with Gasteiger partial charge in [0.05, 0.1) is 22.7 Å². The maximum Gasteiger partial charge on any atom is 0.0659 e. The first-order valence-electron chi connectivity index (χ1n) is 14.9. The van der Waals surface area contributed by atoms with Gasteiger partial charge in [-0.2, -0.15) is 0 Å². The van der Waals surface area contributed by atoms with Crippen LogP contribution in [0.25, 0.3) is 0 Å². The summed E-state index contributed by atoms with van der Waals surface area (Å²) in [4.78, 5) is 0. The zero-order chi connectivity index (χ0) is 28.6. The van der Waals surface area contributed by atoms with Crippen LogP contribution in [0.4, 0.5) is 45.5 Å². The summed E-state index contributed by atoms with van der Waals surface area (Å²) in [7, 11) is 0. The molecule has 0 atom stereocenters. The number of nitrogens with one attached hydrogen (secondary N) is 4. The second-order valence-electron chi connectivity index (χ2n) is 11.4. The summed E-state index contributed by atoms with van der Waals surface area (Å²) in [5.74, 6) is 0. The first kappa shape index (κ1) is 25.2. The molecule has 0 aromatic heterocycles. The number of para-hydroxylation sites is 4. The minimum atomic E-state index is 0.872. The van der Waals surface area contributed by atoms with Gasteiger partial charge in [0, 0.05) is 35.6 Å². The molecule has 4 nitrogen and oxygen atoms in total. The quantitative estimate of drug-likeness (QED) is 0.165. The number of anilines is 8. The molecule has 2 heterocycles. The largest absolute Gasteiger partial charge is 0.354 e. The number of hydrogen-bond acceptors (Lipinski definition) is 4. The molecule has 43 heavy (non-hydrogen) atoms. The van der Waals surface area contributed by atoms with Gasteiger partial charge in [-0.05, 0) is 88.3 Å². The molecular formula is C39H32N4. The third-order valence-corrected chi connectivity index (χ3v) is 8.45. The molecular weight excluding hydrogens is 524 g/mol. The lowest BCUT2D eigenvalue weighted by atomic mass is 9.92. The van der Waals surface area contributed by atoms with Crippen molar-refractivity contribution in [2.75, 3.05) is 21.3 Å². The topological polar surface area (TPSA) is 48.1 Å². The lowest BCUT2D eigenvalue weighted by molar-refractivity contribution is 1.11. The SMILES string of the molecule is c1ccc(Nc2cccc3c2Nc2cc(Cc4ccc5c(c4)Nc4c(cccc4Nc4ccccc4)C5)ccc2C3)cc1. The van der Waals surface area contributed by atoms with Crippen LogP contribution in [0.15, 0.2) is 133 Å². The Morgan fingerprint density at radius 2 is 0.907 bits per heavy atom. The number of benzene rings is 6. The first-order chi connectivity index (χ1) is 21.2. The van der Waals surface area contributed by atoms with E-state index in [-0.39, 0.29) is 0 Å². The molecule has 208 valence electrons. The van der Waals surface area contributed by atoms with Gasteiger partial charge >= 0.3 is 0 Å². The molecule has 8 rings (SSSR count). The van der Waals surface area contributed by atoms with Crippen LogP contribution in [0, 0.1) is 0 Å². The Balaban J connectivity index is 1.03. The highest BCUT2D eigenvalue weighted by atomic mass is 15.0. The van der Waals surface area contributed by atoms with E-state index in [1.54, 1.807) is 0 Å². The molecule has 6 aromatic carbocycles. The van der Waals surface area contributed by atoms with Crippen molar-refractivity contribution in [3.8, 4) is 0 Å². The summed E-state index contributed by atoms with van der Waals surface area (Å²) in [6.45, 7) is 0. The zero-order valence-corrected chi connectivity index (χ0v) is 23.8. The summed E-state index contributed by atoms with van der Waals surface area (Å²) >= 11 is 0. The summed E-state index contributed by atoms with van der Waals surface area (Å²) in [6.07, 6.45) is 2.71. The molecule has 2 aliphatic heterocycles. The zero-order valence-electron chi connectivity index (χ0n) is 23.8. The molecule has 6 aromatic rings. The van der Waals surface area contributed by atoms with Crippen LogP contribution in [-0.4, -0.2) is 0 Å². The molecule has 0 saturated carbocycles. The van der Waals surface area contributed by atoms with Gasteiger partial charge in [-0.15, -0.1) is 0 Å². The second-order valence-corrected chi connectivity index (χ2v) is 11.4. The fourth-order valence-electron chi connectivity index (χ4n) is 6.28. The Hall–Kier alpha value is -5.48. The molecule has 2 aliphatic rings. The fraction of sp³-hybridized carbons (Fsp3) is 0.0769. The molecule has 0 aliphatic carbocycles. The molecule has 0 unspecified atom stereocenters. The lowest BCUT2D eigenvalue weighted by Gasteiger charge is -2.26. The smallest absolute Gasteiger partial charge is 0.0659 e. The van der Waals surface area contributed by atoms with Crippen LogP contribution < -0.4 is 21.3 Å². The average molecular weight is 557 g/mol. The van der Waals surface area contributed by atoms with Gasteiger partial charge in [0.15, 0.2) is 0 Å². The van der Waals surface area contributed by atoms with Crippen LogP contribution >= 0.6 is 0 Å². The maximum absolute atomic E-state index is 3.76. The molecule has 0 bridgehead atoms. The van der Waals surface area contributed by atoms with Gasteiger partial charge < -0.3 is 21.3 Å². The van der Waals surface area contributed by atoms with Gasteiger partial charge in [0.25, 0.3) is 0 Å². The number of hydrogen-bond donors (Lipinski definition) is 4. The molecule has 4 heteroatoms. The van der Waals surface area contributed by atoms with Crippen molar-refractivity contribution < 1.29 is 0 Å². The van der Waals surface area contributed by atoms with Gasteiger partial charge in [0.2, 0.25) is 0 Å². The van der Waals surface area contributed by atoms with E-state index in [0.717, 1.165) is 53.4 Å². The molecule has 0 radical (unpaired) electrons. The molecule has 4 N–H and O–H groups in total. The monoisotopic (exact) mass is 556 g/mol.